The van der Waals surface area contributed by atoms with Crippen LogP contribution in [0.15, 0.2) is 48.5 Å². The van der Waals surface area contributed by atoms with Crippen LogP contribution >= 0.6 is 11.6 Å². The third-order valence-electron chi connectivity index (χ3n) is 4.25. The first-order chi connectivity index (χ1) is 9.69. The molecule has 2 heteroatoms. The highest BCUT2D eigenvalue weighted by Crippen LogP contribution is 2.37. The van der Waals surface area contributed by atoms with E-state index in [-0.39, 0.29) is 0 Å². The Balaban J connectivity index is 2.01. The number of benzene rings is 2. The van der Waals surface area contributed by atoms with Crippen LogP contribution in [-0.4, -0.2) is 5.11 Å². The molecule has 1 aliphatic rings. The molecule has 2 aromatic rings. The Kier molecular flexibility index (Phi) is 3.82. The molecule has 1 nitrogen and oxygen atoms in total. The zero-order valence-electron chi connectivity index (χ0n) is 11.5. The quantitative estimate of drug-likeness (QED) is 0.806. The molecular weight excluding hydrogens is 268 g/mol. The van der Waals surface area contributed by atoms with Gasteiger partial charge in [0.05, 0.1) is 5.60 Å². The van der Waals surface area contributed by atoms with Crippen molar-refractivity contribution in [3.63, 3.8) is 0 Å². The molecule has 1 aliphatic carbocycles. The molecule has 2 aromatic carbocycles. The maximum Gasteiger partial charge on any atom is 0.0939 e. The van der Waals surface area contributed by atoms with E-state index >= 15 is 0 Å². The summed E-state index contributed by atoms with van der Waals surface area (Å²) < 4.78 is 0. The number of aryl methyl sites for hydroxylation is 1. The molecule has 3 rings (SSSR count). The van der Waals surface area contributed by atoms with E-state index in [9.17, 15) is 5.11 Å². The molecule has 0 bridgehead atoms. The average Bonchev–Trinajstić information content (AvgIpc) is 2.62. The lowest BCUT2D eigenvalue weighted by Crippen LogP contribution is -2.29. The second-order valence-electron chi connectivity index (χ2n) is 5.66. The number of hydrogen-bond donors (Lipinski definition) is 1. The normalized spacial score (nSPS) is 22.1. The lowest BCUT2D eigenvalue weighted by atomic mass is 9.83. The third-order valence-corrected chi connectivity index (χ3v) is 4.61. The van der Waals surface area contributed by atoms with Crippen molar-refractivity contribution in [3.05, 3.63) is 70.2 Å². The van der Waals surface area contributed by atoms with Crippen LogP contribution in [-0.2, 0) is 18.4 Å². The van der Waals surface area contributed by atoms with Gasteiger partial charge in [0.1, 0.15) is 0 Å². The zero-order chi connectivity index (χ0) is 14.0. The van der Waals surface area contributed by atoms with Gasteiger partial charge in [-0.3, -0.25) is 0 Å². The first kappa shape index (κ1) is 13.7. The molecule has 20 heavy (non-hydrogen) atoms. The summed E-state index contributed by atoms with van der Waals surface area (Å²) in [5.74, 6) is 0. The number of hydrogen-bond acceptors (Lipinski definition) is 1. The van der Waals surface area contributed by atoms with Crippen molar-refractivity contribution >= 4 is 11.6 Å². The fourth-order valence-electron chi connectivity index (χ4n) is 3.20. The van der Waals surface area contributed by atoms with Crippen LogP contribution in [0.25, 0.3) is 0 Å². The van der Waals surface area contributed by atoms with E-state index in [4.69, 9.17) is 11.6 Å². The Morgan fingerprint density at radius 1 is 1.00 bits per heavy atom. The summed E-state index contributed by atoms with van der Waals surface area (Å²) in [4.78, 5) is 0. The van der Waals surface area contributed by atoms with Crippen LogP contribution in [0, 0.1) is 0 Å². The van der Waals surface area contributed by atoms with Gasteiger partial charge in [-0.1, -0.05) is 54.1 Å². The SMILES string of the molecule is OC1(Cc2ccccc2Cl)CCCCc2ccccc21. The van der Waals surface area contributed by atoms with Gasteiger partial charge in [0.15, 0.2) is 0 Å². The highest BCUT2D eigenvalue weighted by atomic mass is 35.5. The second-order valence-corrected chi connectivity index (χ2v) is 6.07. The Hall–Kier alpha value is -1.31. The van der Waals surface area contributed by atoms with Crippen molar-refractivity contribution < 1.29 is 5.11 Å². The van der Waals surface area contributed by atoms with E-state index in [1.807, 2.05) is 30.3 Å². The molecule has 0 saturated heterocycles. The Morgan fingerprint density at radius 3 is 2.60 bits per heavy atom. The predicted molar refractivity (Wildman–Crippen MR) is 83.0 cm³/mol. The minimum atomic E-state index is -0.794. The highest BCUT2D eigenvalue weighted by molar-refractivity contribution is 6.31. The molecule has 1 atom stereocenters. The molecule has 104 valence electrons. The monoisotopic (exact) mass is 286 g/mol. The van der Waals surface area contributed by atoms with Crippen molar-refractivity contribution in [2.75, 3.05) is 0 Å². The minimum absolute atomic E-state index is 0.587. The molecular formula is C18H19ClO. The number of halogens is 1. The molecule has 0 saturated carbocycles. The van der Waals surface area contributed by atoms with E-state index < -0.39 is 5.60 Å². The van der Waals surface area contributed by atoms with E-state index in [0.29, 0.717) is 6.42 Å². The van der Waals surface area contributed by atoms with Gasteiger partial charge >= 0.3 is 0 Å². The molecule has 0 aliphatic heterocycles. The average molecular weight is 287 g/mol. The van der Waals surface area contributed by atoms with E-state index in [1.54, 1.807) is 0 Å². The molecule has 0 radical (unpaired) electrons. The summed E-state index contributed by atoms with van der Waals surface area (Å²) in [6.07, 6.45) is 4.64. The van der Waals surface area contributed by atoms with E-state index in [2.05, 4.69) is 18.2 Å². The van der Waals surface area contributed by atoms with Crippen molar-refractivity contribution in [3.8, 4) is 0 Å². The molecule has 0 fully saturated rings. The number of rotatable bonds is 2. The fraction of sp³-hybridized carbons (Fsp3) is 0.333. The van der Waals surface area contributed by atoms with Crippen LogP contribution in [0.2, 0.25) is 5.02 Å². The summed E-state index contributed by atoms with van der Waals surface area (Å²) in [5, 5.41) is 12.0. The Bertz CT molecular complexity index is 608. The summed E-state index contributed by atoms with van der Waals surface area (Å²) in [5.41, 5.74) is 2.59. The zero-order valence-corrected chi connectivity index (χ0v) is 12.2. The van der Waals surface area contributed by atoms with Gasteiger partial charge in [-0.25, -0.2) is 0 Å². The van der Waals surface area contributed by atoms with Crippen LogP contribution in [0.1, 0.15) is 36.0 Å². The van der Waals surface area contributed by atoms with Crippen LogP contribution in [0.5, 0.6) is 0 Å². The molecule has 0 amide bonds. The van der Waals surface area contributed by atoms with Crippen LogP contribution in [0.3, 0.4) is 0 Å². The summed E-state index contributed by atoms with van der Waals surface area (Å²) in [7, 11) is 0. The fourth-order valence-corrected chi connectivity index (χ4v) is 3.40. The van der Waals surface area contributed by atoms with Gasteiger partial charge in [-0.15, -0.1) is 0 Å². The van der Waals surface area contributed by atoms with Crippen LogP contribution in [0.4, 0.5) is 0 Å². The van der Waals surface area contributed by atoms with Gasteiger partial charge in [0, 0.05) is 11.4 Å². The van der Waals surface area contributed by atoms with Crippen molar-refractivity contribution in [2.45, 2.75) is 37.7 Å². The highest BCUT2D eigenvalue weighted by Gasteiger charge is 2.33. The summed E-state index contributed by atoms with van der Waals surface area (Å²) in [6.45, 7) is 0. The Morgan fingerprint density at radius 2 is 1.75 bits per heavy atom. The second kappa shape index (κ2) is 5.59. The maximum atomic E-state index is 11.2. The Labute approximate surface area is 125 Å². The lowest BCUT2D eigenvalue weighted by Gasteiger charge is -2.29. The molecule has 1 unspecified atom stereocenters. The van der Waals surface area contributed by atoms with Gasteiger partial charge in [0.25, 0.3) is 0 Å². The predicted octanol–water partition coefficient (Wildman–Crippen LogP) is 4.50. The third kappa shape index (κ3) is 2.61. The van der Waals surface area contributed by atoms with Gasteiger partial charge in [0.2, 0.25) is 0 Å². The van der Waals surface area contributed by atoms with Crippen molar-refractivity contribution in [1.82, 2.24) is 0 Å². The van der Waals surface area contributed by atoms with Gasteiger partial charge in [-0.05, 0) is 48.4 Å². The van der Waals surface area contributed by atoms with Crippen molar-refractivity contribution in [2.24, 2.45) is 0 Å². The first-order valence-corrected chi connectivity index (χ1v) is 7.61. The van der Waals surface area contributed by atoms with Gasteiger partial charge < -0.3 is 5.11 Å². The molecule has 0 heterocycles. The lowest BCUT2D eigenvalue weighted by molar-refractivity contribution is 0.0272. The van der Waals surface area contributed by atoms with E-state index in [0.717, 1.165) is 41.8 Å². The van der Waals surface area contributed by atoms with Crippen LogP contribution < -0.4 is 0 Å². The first-order valence-electron chi connectivity index (χ1n) is 7.23. The molecule has 0 spiro atoms. The number of fused-ring (bicyclic) bond motifs is 1. The maximum absolute atomic E-state index is 11.2. The number of aliphatic hydroxyl groups is 1. The standard InChI is InChI=1S/C18H19ClO/c19-17-11-4-2-9-15(17)13-18(20)12-6-5-8-14-7-1-3-10-16(14)18/h1-4,7,9-11,20H,5-6,8,12-13H2. The van der Waals surface area contributed by atoms with Crippen molar-refractivity contribution in [1.29, 1.82) is 0 Å². The smallest absolute Gasteiger partial charge is 0.0939 e. The summed E-state index contributed by atoms with van der Waals surface area (Å²) in [6, 6.07) is 16.1. The molecule has 1 N–H and O–H groups in total. The van der Waals surface area contributed by atoms with Gasteiger partial charge in [-0.2, -0.15) is 0 Å². The molecule has 0 aromatic heterocycles. The minimum Gasteiger partial charge on any atom is -0.385 e. The summed E-state index contributed by atoms with van der Waals surface area (Å²) >= 11 is 6.26. The topological polar surface area (TPSA) is 20.2 Å². The van der Waals surface area contributed by atoms with E-state index in [1.165, 1.54) is 5.56 Å². The largest absolute Gasteiger partial charge is 0.385 e.